The minimum Gasteiger partial charge on any atom is -0.350 e. The molecule has 0 radical (unpaired) electrons. The summed E-state index contributed by atoms with van der Waals surface area (Å²) in [5.74, 6) is -0.849. The second-order valence-electron chi connectivity index (χ2n) is 5.75. The minimum absolute atomic E-state index is 0.0381. The van der Waals surface area contributed by atoms with Gasteiger partial charge in [0.15, 0.2) is 9.84 Å². The molecule has 7 nitrogen and oxygen atoms in total. The molecule has 1 fully saturated rings. The van der Waals surface area contributed by atoms with Crippen LogP contribution < -0.4 is 10.9 Å². The maximum absolute atomic E-state index is 12.0. The molecule has 2 amide bonds. The van der Waals surface area contributed by atoms with E-state index in [9.17, 15) is 18.0 Å². The zero-order chi connectivity index (χ0) is 16.4. The zero-order valence-electron chi connectivity index (χ0n) is 12.3. The van der Waals surface area contributed by atoms with Crippen LogP contribution in [-0.4, -0.2) is 36.7 Å². The first-order valence-corrected chi connectivity index (χ1v) is 9.12. The van der Waals surface area contributed by atoms with E-state index in [0.29, 0.717) is 12.1 Å². The maximum Gasteiger partial charge on any atom is 0.286 e. The van der Waals surface area contributed by atoms with Crippen LogP contribution in [0.4, 0.5) is 0 Å². The van der Waals surface area contributed by atoms with Crippen LogP contribution in [0.1, 0.15) is 23.3 Å². The lowest BCUT2D eigenvalue weighted by molar-refractivity contribution is -0.122. The average Bonchev–Trinajstić information content (AvgIpc) is 3.07. The number of aromatic amines is 1. The van der Waals surface area contributed by atoms with E-state index in [1.807, 2.05) is 24.3 Å². The molecule has 2 heterocycles. The number of aromatic nitrogens is 1. The van der Waals surface area contributed by atoms with E-state index in [-0.39, 0.29) is 23.8 Å². The molecule has 0 aliphatic carbocycles. The van der Waals surface area contributed by atoms with Crippen molar-refractivity contribution in [1.29, 1.82) is 0 Å². The Morgan fingerprint density at radius 1 is 1.22 bits per heavy atom. The van der Waals surface area contributed by atoms with Crippen molar-refractivity contribution >= 4 is 32.6 Å². The Bertz CT molecular complexity index is 823. The van der Waals surface area contributed by atoms with Crippen LogP contribution in [0.3, 0.4) is 0 Å². The molecule has 1 aromatic carbocycles. The van der Waals surface area contributed by atoms with Crippen molar-refractivity contribution in [3.05, 3.63) is 36.0 Å². The maximum atomic E-state index is 12.0. The monoisotopic (exact) mass is 335 g/mol. The molecule has 2 aromatic rings. The highest BCUT2D eigenvalue weighted by Gasteiger charge is 2.29. The molecular formula is C15H17N3O4S. The summed E-state index contributed by atoms with van der Waals surface area (Å²) < 4.78 is 22.7. The van der Waals surface area contributed by atoms with Crippen LogP contribution in [0.2, 0.25) is 0 Å². The molecule has 1 aromatic heterocycles. The van der Waals surface area contributed by atoms with Crippen LogP contribution in [0, 0.1) is 5.92 Å². The smallest absolute Gasteiger partial charge is 0.286 e. The average molecular weight is 335 g/mol. The fraction of sp³-hybridized carbons (Fsp3) is 0.333. The molecule has 0 unspecified atom stereocenters. The first-order valence-electron chi connectivity index (χ1n) is 7.30. The molecule has 0 bridgehead atoms. The molecule has 3 rings (SSSR count). The second-order valence-corrected chi connectivity index (χ2v) is 7.97. The number of fused-ring (bicyclic) bond motifs is 1. The van der Waals surface area contributed by atoms with Crippen molar-refractivity contribution in [3.63, 3.8) is 0 Å². The quantitative estimate of drug-likeness (QED) is 0.719. The Morgan fingerprint density at radius 2 is 2.00 bits per heavy atom. The lowest BCUT2D eigenvalue weighted by Gasteiger charge is -2.09. The van der Waals surface area contributed by atoms with Gasteiger partial charge in [-0.1, -0.05) is 18.2 Å². The van der Waals surface area contributed by atoms with Crippen LogP contribution in [0.25, 0.3) is 10.9 Å². The molecule has 1 aliphatic heterocycles. The molecule has 23 heavy (non-hydrogen) atoms. The fourth-order valence-corrected chi connectivity index (χ4v) is 4.60. The Labute approximate surface area is 133 Å². The number of hydrogen-bond acceptors (Lipinski definition) is 4. The number of amides is 2. The topological polar surface area (TPSA) is 108 Å². The van der Waals surface area contributed by atoms with Gasteiger partial charge >= 0.3 is 0 Å². The number of nitrogens with one attached hydrogen (secondary N) is 3. The number of carbonyl (C=O) groups is 2. The third kappa shape index (κ3) is 3.70. The van der Waals surface area contributed by atoms with Gasteiger partial charge in [-0.05, 0) is 24.5 Å². The summed E-state index contributed by atoms with van der Waals surface area (Å²) in [6.45, 7) is 0. The number of para-hydroxylation sites is 1. The number of rotatable bonds is 3. The molecule has 0 saturated carbocycles. The van der Waals surface area contributed by atoms with Crippen molar-refractivity contribution in [1.82, 2.24) is 15.8 Å². The summed E-state index contributed by atoms with van der Waals surface area (Å²) in [5, 5.41) is 0.903. The second kappa shape index (κ2) is 6.04. The molecule has 1 atom stereocenters. The van der Waals surface area contributed by atoms with Gasteiger partial charge < -0.3 is 4.98 Å². The Hall–Kier alpha value is -2.35. The van der Waals surface area contributed by atoms with Gasteiger partial charge in [0, 0.05) is 17.3 Å². The number of hydrazine groups is 1. The highest BCUT2D eigenvalue weighted by Crippen LogP contribution is 2.21. The van der Waals surface area contributed by atoms with Gasteiger partial charge in [0.1, 0.15) is 5.69 Å². The van der Waals surface area contributed by atoms with Gasteiger partial charge in [0.25, 0.3) is 5.91 Å². The largest absolute Gasteiger partial charge is 0.350 e. The highest BCUT2D eigenvalue weighted by molar-refractivity contribution is 7.91. The highest BCUT2D eigenvalue weighted by atomic mass is 32.2. The van der Waals surface area contributed by atoms with Crippen molar-refractivity contribution < 1.29 is 18.0 Å². The van der Waals surface area contributed by atoms with Crippen LogP contribution >= 0.6 is 0 Å². The van der Waals surface area contributed by atoms with Crippen LogP contribution in [0.15, 0.2) is 30.3 Å². The summed E-state index contributed by atoms with van der Waals surface area (Å²) in [6.07, 6.45) is 0.581. The molecule has 1 aliphatic rings. The van der Waals surface area contributed by atoms with E-state index in [2.05, 4.69) is 15.8 Å². The predicted molar refractivity (Wildman–Crippen MR) is 85.3 cm³/mol. The molecule has 1 saturated heterocycles. The number of hydrogen-bond donors (Lipinski definition) is 3. The molecule has 122 valence electrons. The Morgan fingerprint density at radius 3 is 2.70 bits per heavy atom. The number of H-pyrrole nitrogens is 1. The summed E-state index contributed by atoms with van der Waals surface area (Å²) in [5.41, 5.74) is 5.84. The third-order valence-corrected chi connectivity index (χ3v) is 5.73. The van der Waals surface area contributed by atoms with E-state index in [1.54, 1.807) is 6.07 Å². The lowest BCUT2D eigenvalue weighted by Crippen LogP contribution is -2.42. The van der Waals surface area contributed by atoms with Gasteiger partial charge in [0.05, 0.1) is 11.5 Å². The van der Waals surface area contributed by atoms with Crippen LogP contribution in [-0.2, 0) is 14.6 Å². The van der Waals surface area contributed by atoms with E-state index >= 15 is 0 Å². The van der Waals surface area contributed by atoms with E-state index in [4.69, 9.17) is 0 Å². The standard InChI is InChI=1S/C15H17N3O4S/c19-14(7-10-5-6-23(21,22)9-10)17-18-15(20)13-8-11-3-1-2-4-12(11)16-13/h1-4,8,10,16H,5-7,9H2,(H,17,19)(H,18,20)/t10-/m0/s1. The van der Waals surface area contributed by atoms with Gasteiger partial charge in [-0.15, -0.1) is 0 Å². The van der Waals surface area contributed by atoms with Crippen LogP contribution in [0.5, 0.6) is 0 Å². The summed E-state index contributed by atoms with van der Waals surface area (Å²) >= 11 is 0. The van der Waals surface area contributed by atoms with Crippen molar-refractivity contribution in [2.24, 2.45) is 5.92 Å². The Balaban J connectivity index is 1.53. The molecule has 8 heteroatoms. The fourth-order valence-electron chi connectivity index (χ4n) is 2.74. The van der Waals surface area contributed by atoms with E-state index < -0.39 is 21.7 Å². The first kappa shape index (κ1) is 15.5. The van der Waals surface area contributed by atoms with Crippen molar-refractivity contribution in [2.45, 2.75) is 12.8 Å². The van der Waals surface area contributed by atoms with E-state index in [0.717, 1.165) is 10.9 Å². The van der Waals surface area contributed by atoms with E-state index in [1.165, 1.54) is 0 Å². The zero-order valence-corrected chi connectivity index (χ0v) is 13.2. The lowest BCUT2D eigenvalue weighted by atomic mass is 10.1. The summed E-state index contributed by atoms with van der Waals surface area (Å²) in [4.78, 5) is 26.8. The van der Waals surface area contributed by atoms with Gasteiger partial charge in [-0.25, -0.2) is 8.42 Å². The Kier molecular flexibility index (Phi) is 4.08. The molecular weight excluding hydrogens is 318 g/mol. The molecule has 0 spiro atoms. The predicted octanol–water partition coefficient (Wildman–Crippen LogP) is 0.754. The van der Waals surface area contributed by atoms with Gasteiger partial charge in [-0.3, -0.25) is 20.4 Å². The third-order valence-electron chi connectivity index (χ3n) is 3.89. The summed E-state index contributed by atoms with van der Waals surface area (Å²) in [7, 11) is -3.00. The number of carbonyl (C=O) groups excluding carboxylic acids is 2. The normalized spacial score (nSPS) is 19.6. The number of sulfone groups is 1. The number of benzene rings is 1. The molecule has 3 N–H and O–H groups in total. The van der Waals surface area contributed by atoms with Gasteiger partial charge in [-0.2, -0.15) is 0 Å². The minimum atomic E-state index is -3.00. The van der Waals surface area contributed by atoms with Crippen molar-refractivity contribution in [2.75, 3.05) is 11.5 Å². The SMILES string of the molecule is O=C(C[C@@H]1CCS(=O)(=O)C1)NNC(=O)c1cc2ccccc2[nH]1. The van der Waals surface area contributed by atoms with Gasteiger partial charge in [0.2, 0.25) is 5.91 Å². The van der Waals surface area contributed by atoms with Crippen molar-refractivity contribution in [3.8, 4) is 0 Å². The first-order chi connectivity index (χ1) is 10.9. The summed E-state index contributed by atoms with van der Waals surface area (Å²) in [6, 6.07) is 9.15.